The molecule has 0 nitrogen and oxygen atoms in total. The highest BCUT2D eigenvalue weighted by atomic mass is 19.3. The molecule has 0 saturated heterocycles. The van der Waals surface area contributed by atoms with Crippen LogP contribution in [-0.4, -0.2) is 23.7 Å². The zero-order valence-electron chi connectivity index (χ0n) is 9.15. The van der Waals surface area contributed by atoms with Crippen molar-refractivity contribution in [3.05, 3.63) is 0 Å². The molecule has 0 spiro atoms. The van der Waals surface area contributed by atoms with Crippen LogP contribution in [-0.2, 0) is 0 Å². The summed E-state index contributed by atoms with van der Waals surface area (Å²) in [5, 5.41) is 0. The van der Waals surface area contributed by atoms with E-state index >= 15 is 0 Å². The number of rotatable bonds is 6. The Kier molecular flexibility index (Phi) is 4.45. The van der Waals surface area contributed by atoms with Crippen LogP contribution in [0.3, 0.4) is 0 Å². The fraction of sp³-hybridized carbons (Fsp3) is 1.00. The van der Waals surface area contributed by atoms with E-state index in [1.165, 1.54) is 0 Å². The summed E-state index contributed by atoms with van der Waals surface area (Å²) in [6.45, 7) is 0.601. The number of halogens is 8. The van der Waals surface area contributed by atoms with E-state index in [4.69, 9.17) is 0 Å². The molecule has 0 aromatic carbocycles. The third-order valence-corrected chi connectivity index (χ3v) is 2.37. The van der Waals surface area contributed by atoms with Crippen LogP contribution >= 0.6 is 0 Å². The van der Waals surface area contributed by atoms with Gasteiger partial charge in [-0.15, -0.1) is 0 Å². The van der Waals surface area contributed by atoms with Gasteiger partial charge in [0.2, 0.25) is 0 Å². The molecule has 0 radical (unpaired) electrons. The molecule has 0 heterocycles. The monoisotopic (exact) mass is 272 g/mol. The Balaban J connectivity index is 4.69. The highest BCUT2D eigenvalue weighted by Crippen LogP contribution is 2.44. The summed E-state index contributed by atoms with van der Waals surface area (Å²) in [6.07, 6.45) is -5.25. The summed E-state index contributed by atoms with van der Waals surface area (Å²) in [4.78, 5) is 0. The van der Waals surface area contributed by atoms with Gasteiger partial charge in [0.25, 0.3) is 0 Å². The summed E-state index contributed by atoms with van der Waals surface area (Å²) in [7, 11) is 0. The highest BCUT2D eigenvalue weighted by molar-refractivity contribution is 4.88. The Morgan fingerprint density at radius 3 is 1.29 bits per heavy atom. The van der Waals surface area contributed by atoms with Crippen molar-refractivity contribution in [2.45, 2.75) is 56.8 Å². The Labute approximate surface area is 93.0 Å². The molecule has 0 aliphatic rings. The van der Waals surface area contributed by atoms with Gasteiger partial charge in [0.1, 0.15) is 0 Å². The maximum atomic E-state index is 12.8. The highest BCUT2D eigenvalue weighted by Gasteiger charge is 2.58. The van der Waals surface area contributed by atoms with Gasteiger partial charge in [-0.1, -0.05) is 6.92 Å². The fourth-order valence-electron chi connectivity index (χ4n) is 0.975. The van der Waals surface area contributed by atoms with Gasteiger partial charge in [0.05, 0.1) is 0 Å². The third-order valence-electron chi connectivity index (χ3n) is 2.37. The van der Waals surface area contributed by atoms with Gasteiger partial charge in [0.15, 0.2) is 0 Å². The molecule has 0 N–H and O–H groups in total. The van der Waals surface area contributed by atoms with E-state index in [1.807, 2.05) is 0 Å². The van der Waals surface area contributed by atoms with E-state index in [2.05, 4.69) is 0 Å². The largest absolute Gasteiger partial charge is 0.310 e. The van der Waals surface area contributed by atoms with Crippen LogP contribution in [0.25, 0.3) is 0 Å². The lowest BCUT2D eigenvalue weighted by Gasteiger charge is -2.29. The average molecular weight is 272 g/mol. The third kappa shape index (κ3) is 3.70. The Morgan fingerprint density at radius 1 is 0.647 bits per heavy atom. The van der Waals surface area contributed by atoms with Gasteiger partial charge in [-0.05, 0) is 0 Å². The predicted octanol–water partition coefficient (Wildman–Crippen LogP) is 4.74. The molecule has 0 unspecified atom stereocenters. The van der Waals surface area contributed by atoms with E-state index in [0.717, 1.165) is 6.92 Å². The van der Waals surface area contributed by atoms with Crippen LogP contribution in [0, 0.1) is 0 Å². The van der Waals surface area contributed by atoms with Crippen molar-refractivity contribution in [2.75, 3.05) is 0 Å². The van der Waals surface area contributed by atoms with Crippen LogP contribution in [0.4, 0.5) is 35.1 Å². The van der Waals surface area contributed by atoms with Crippen molar-refractivity contribution in [3.8, 4) is 0 Å². The van der Waals surface area contributed by atoms with Crippen LogP contribution in [0.5, 0.6) is 0 Å². The van der Waals surface area contributed by atoms with Gasteiger partial charge >= 0.3 is 23.7 Å². The molecular weight excluding hydrogens is 260 g/mol. The van der Waals surface area contributed by atoms with Gasteiger partial charge in [-0.3, -0.25) is 0 Å². The van der Waals surface area contributed by atoms with Crippen molar-refractivity contribution in [1.82, 2.24) is 0 Å². The SMILES string of the molecule is CCC(F)(F)C(F)(F)CCC(F)(F)C(C)(F)F. The quantitative estimate of drug-likeness (QED) is 0.613. The molecule has 0 atom stereocenters. The van der Waals surface area contributed by atoms with Crippen molar-refractivity contribution < 1.29 is 35.1 Å². The predicted molar refractivity (Wildman–Crippen MR) is 45.0 cm³/mol. The van der Waals surface area contributed by atoms with Gasteiger partial charge in [-0.2, -0.15) is 26.3 Å². The zero-order valence-corrected chi connectivity index (χ0v) is 9.15. The molecule has 0 fully saturated rings. The molecular formula is C9H12F8. The first-order chi connectivity index (χ1) is 7.27. The lowest BCUT2D eigenvalue weighted by atomic mass is 9.99. The first-order valence-corrected chi connectivity index (χ1v) is 4.78. The van der Waals surface area contributed by atoms with E-state index in [-0.39, 0.29) is 6.92 Å². The Morgan fingerprint density at radius 2 is 1.00 bits per heavy atom. The molecule has 0 amide bonds. The summed E-state index contributed by atoms with van der Waals surface area (Å²) in [5.74, 6) is -18.5. The van der Waals surface area contributed by atoms with Crippen molar-refractivity contribution in [1.29, 1.82) is 0 Å². The normalized spacial score (nSPS) is 15.2. The summed E-state index contributed by atoms with van der Waals surface area (Å²) in [6, 6.07) is 0. The Hall–Kier alpha value is -0.560. The second-order valence-electron chi connectivity index (χ2n) is 3.86. The van der Waals surface area contributed by atoms with E-state index in [1.54, 1.807) is 0 Å². The van der Waals surface area contributed by atoms with Gasteiger partial charge in [-0.25, -0.2) is 8.78 Å². The summed E-state index contributed by atoms with van der Waals surface area (Å²) < 4.78 is 101. The molecule has 0 aliphatic carbocycles. The molecule has 0 aliphatic heterocycles. The van der Waals surface area contributed by atoms with Crippen LogP contribution in [0.15, 0.2) is 0 Å². The Bertz CT molecular complexity index is 252. The van der Waals surface area contributed by atoms with Crippen molar-refractivity contribution >= 4 is 0 Å². The van der Waals surface area contributed by atoms with Crippen molar-refractivity contribution in [3.63, 3.8) is 0 Å². The minimum absolute atomic E-state index is 0.150. The van der Waals surface area contributed by atoms with Crippen LogP contribution in [0.2, 0.25) is 0 Å². The van der Waals surface area contributed by atoms with Crippen molar-refractivity contribution in [2.24, 2.45) is 0 Å². The second kappa shape index (κ2) is 4.61. The maximum absolute atomic E-state index is 12.8. The lowest BCUT2D eigenvalue weighted by molar-refractivity contribution is -0.239. The van der Waals surface area contributed by atoms with E-state index in [9.17, 15) is 35.1 Å². The number of hydrogen-bond acceptors (Lipinski definition) is 0. The van der Waals surface area contributed by atoms with E-state index in [0.29, 0.717) is 0 Å². The van der Waals surface area contributed by atoms with E-state index < -0.39 is 43.0 Å². The number of hydrogen-bond donors (Lipinski definition) is 0. The minimum Gasteiger partial charge on any atom is -0.200 e. The zero-order chi connectivity index (χ0) is 14.1. The molecule has 17 heavy (non-hydrogen) atoms. The molecule has 0 bridgehead atoms. The fourth-order valence-corrected chi connectivity index (χ4v) is 0.975. The molecule has 0 aromatic heterocycles. The molecule has 0 aromatic rings. The van der Waals surface area contributed by atoms with Gasteiger partial charge in [0, 0.05) is 26.2 Å². The van der Waals surface area contributed by atoms with Gasteiger partial charge < -0.3 is 0 Å². The van der Waals surface area contributed by atoms with Crippen LogP contribution in [0.1, 0.15) is 33.1 Å². The standard InChI is InChI=1S/C9H12F8/c1-3-7(12,13)9(16,17)5-4-8(14,15)6(2,10)11/h3-5H2,1-2H3. The maximum Gasteiger partial charge on any atom is 0.310 e. The topological polar surface area (TPSA) is 0 Å². The molecule has 8 heteroatoms. The average Bonchev–Trinajstić information content (AvgIpc) is 2.13. The molecule has 104 valence electrons. The summed E-state index contributed by atoms with van der Waals surface area (Å²) >= 11 is 0. The minimum atomic E-state index is -4.74. The van der Waals surface area contributed by atoms with Crippen LogP contribution < -0.4 is 0 Å². The molecule has 0 saturated carbocycles. The lowest BCUT2D eigenvalue weighted by Crippen LogP contribution is -2.44. The first-order valence-electron chi connectivity index (χ1n) is 4.78. The second-order valence-corrected chi connectivity index (χ2v) is 3.86. The summed E-state index contributed by atoms with van der Waals surface area (Å²) in [5.41, 5.74) is 0. The first kappa shape index (κ1) is 16.4. The number of alkyl halides is 8. The smallest absolute Gasteiger partial charge is 0.200 e. The molecule has 0 rings (SSSR count).